The first-order valence-corrected chi connectivity index (χ1v) is 13.2. The van der Waals surface area contributed by atoms with E-state index in [2.05, 4.69) is 28.4 Å². The standard InChI is InChI=1S/C28H47N5O5/c1-9-10-11-12-13-14-20(23(35)24(29)36)31-25(37)22-19(15-27(3,4)5)18(2)17-33(22)21(34)16-30-26(38)32-28(6,7)8/h1,19-20,22-23,35H,2,10-17H2,3-8H3,(H2,29,36)(H,31,37)(H2,30,32,38)/t19-,20-,22-,23?/m0/s1. The Morgan fingerprint density at radius 2 is 1.79 bits per heavy atom. The van der Waals surface area contributed by atoms with Gasteiger partial charge in [0.2, 0.25) is 17.7 Å². The van der Waals surface area contributed by atoms with Gasteiger partial charge in [-0.1, -0.05) is 45.8 Å². The molecule has 0 aromatic carbocycles. The predicted molar refractivity (Wildman–Crippen MR) is 148 cm³/mol. The van der Waals surface area contributed by atoms with Crippen molar-refractivity contribution in [3.8, 4) is 12.3 Å². The lowest BCUT2D eigenvalue weighted by atomic mass is 9.79. The number of nitrogens with one attached hydrogen (secondary N) is 3. The van der Waals surface area contributed by atoms with Gasteiger partial charge in [-0.25, -0.2) is 4.79 Å². The minimum absolute atomic E-state index is 0.162. The number of rotatable bonds is 12. The summed E-state index contributed by atoms with van der Waals surface area (Å²) in [4.78, 5) is 52.2. The van der Waals surface area contributed by atoms with Gasteiger partial charge in [-0.2, -0.15) is 0 Å². The number of aliphatic hydroxyl groups excluding tert-OH is 1. The van der Waals surface area contributed by atoms with E-state index in [0.717, 1.165) is 18.4 Å². The third-order valence-corrected chi connectivity index (χ3v) is 6.26. The highest BCUT2D eigenvalue weighted by Gasteiger charge is 2.46. The molecule has 0 aromatic rings. The van der Waals surface area contributed by atoms with E-state index in [1.165, 1.54) is 4.90 Å². The van der Waals surface area contributed by atoms with Crippen LogP contribution >= 0.6 is 0 Å². The van der Waals surface area contributed by atoms with Gasteiger partial charge >= 0.3 is 6.03 Å². The largest absolute Gasteiger partial charge is 0.381 e. The summed E-state index contributed by atoms with van der Waals surface area (Å²) in [5.41, 5.74) is 5.43. The maximum Gasteiger partial charge on any atom is 0.315 e. The van der Waals surface area contributed by atoms with Crippen LogP contribution in [0.2, 0.25) is 0 Å². The number of nitrogens with zero attached hydrogens (tertiary/aromatic N) is 1. The zero-order valence-corrected chi connectivity index (χ0v) is 23.9. The summed E-state index contributed by atoms with van der Waals surface area (Å²) in [6, 6.07) is -2.32. The molecule has 1 heterocycles. The fourth-order valence-electron chi connectivity index (χ4n) is 4.54. The number of nitrogens with two attached hydrogens (primary N) is 1. The van der Waals surface area contributed by atoms with Gasteiger partial charge in [0.1, 0.15) is 6.04 Å². The highest BCUT2D eigenvalue weighted by atomic mass is 16.3. The van der Waals surface area contributed by atoms with E-state index in [9.17, 15) is 24.3 Å². The minimum atomic E-state index is -1.58. The summed E-state index contributed by atoms with van der Waals surface area (Å²) in [7, 11) is 0. The number of hydrogen-bond acceptors (Lipinski definition) is 5. The summed E-state index contributed by atoms with van der Waals surface area (Å²) in [6.45, 7) is 15.6. The zero-order chi connectivity index (χ0) is 29.3. The SMILES string of the molecule is C#CCCCCC[C@H](NC(=O)[C@@H]1[C@@H](CC(C)(C)C)C(=C)CN1C(=O)CNC(=O)NC(C)(C)C)C(O)C(N)=O. The average Bonchev–Trinajstić information content (AvgIpc) is 3.09. The van der Waals surface area contributed by atoms with Crippen molar-refractivity contribution in [2.75, 3.05) is 13.1 Å². The number of unbranched alkanes of at least 4 members (excludes halogenated alkanes) is 3. The smallest absolute Gasteiger partial charge is 0.315 e. The molecule has 0 bridgehead atoms. The molecule has 0 aromatic heterocycles. The summed E-state index contributed by atoms with van der Waals surface area (Å²) in [5.74, 6) is 0.346. The van der Waals surface area contributed by atoms with E-state index < -0.39 is 47.5 Å². The first-order chi connectivity index (χ1) is 17.5. The van der Waals surface area contributed by atoms with Gasteiger partial charge < -0.3 is 31.7 Å². The van der Waals surface area contributed by atoms with Crippen molar-refractivity contribution in [3.05, 3.63) is 12.2 Å². The first-order valence-electron chi connectivity index (χ1n) is 13.2. The topological polar surface area (TPSA) is 154 Å². The van der Waals surface area contributed by atoms with E-state index >= 15 is 0 Å². The van der Waals surface area contributed by atoms with E-state index in [1.807, 2.05) is 41.5 Å². The lowest BCUT2D eigenvalue weighted by molar-refractivity contribution is -0.140. The van der Waals surface area contributed by atoms with Crippen LogP contribution in [0.15, 0.2) is 12.2 Å². The van der Waals surface area contributed by atoms with Gasteiger partial charge in [0, 0.05) is 24.4 Å². The van der Waals surface area contributed by atoms with Crippen LogP contribution in [0.1, 0.15) is 80.1 Å². The molecule has 38 heavy (non-hydrogen) atoms. The zero-order valence-electron chi connectivity index (χ0n) is 23.9. The van der Waals surface area contributed by atoms with Crippen LogP contribution in [0.3, 0.4) is 0 Å². The lowest BCUT2D eigenvalue weighted by Crippen LogP contribution is -2.57. The normalized spacial score (nSPS) is 19.3. The van der Waals surface area contributed by atoms with Gasteiger partial charge in [-0.3, -0.25) is 14.4 Å². The molecule has 1 fully saturated rings. The van der Waals surface area contributed by atoms with Crippen molar-refractivity contribution >= 4 is 23.8 Å². The molecular formula is C28H47N5O5. The molecule has 0 aliphatic carbocycles. The van der Waals surface area contributed by atoms with E-state index in [0.29, 0.717) is 25.7 Å². The quantitative estimate of drug-likeness (QED) is 0.147. The van der Waals surface area contributed by atoms with Crippen molar-refractivity contribution in [1.82, 2.24) is 20.9 Å². The monoisotopic (exact) mass is 533 g/mol. The number of carbonyl (C=O) groups excluding carboxylic acids is 4. The predicted octanol–water partition coefficient (Wildman–Crippen LogP) is 1.82. The number of primary amides is 1. The lowest BCUT2D eigenvalue weighted by Gasteiger charge is -2.32. The Labute approximate surface area is 227 Å². The van der Waals surface area contributed by atoms with Crippen LogP contribution in [-0.2, 0) is 14.4 Å². The van der Waals surface area contributed by atoms with Crippen molar-refractivity contribution in [3.63, 3.8) is 0 Å². The Balaban J connectivity index is 3.12. The van der Waals surface area contributed by atoms with Crippen LogP contribution in [0.25, 0.3) is 0 Å². The molecule has 10 heteroatoms. The van der Waals surface area contributed by atoms with Crippen LogP contribution in [-0.4, -0.2) is 70.6 Å². The molecule has 1 aliphatic heterocycles. The van der Waals surface area contributed by atoms with Gasteiger partial charge in [0.05, 0.1) is 12.6 Å². The second-order valence-corrected chi connectivity index (χ2v) is 12.3. The van der Waals surface area contributed by atoms with Crippen LogP contribution < -0.4 is 21.7 Å². The number of urea groups is 1. The van der Waals surface area contributed by atoms with Gasteiger partial charge in [-0.05, 0) is 45.4 Å². The second-order valence-electron chi connectivity index (χ2n) is 12.3. The molecule has 5 amide bonds. The van der Waals surface area contributed by atoms with Crippen molar-refractivity contribution in [2.45, 2.75) is 104 Å². The van der Waals surface area contributed by atoms with Crippen LogP contribution in [0.5, 0.6) is 0 Å². The van der Waals surface area contributed by atoms with Gasteiger partial charge in [-0.15, -0.1) is 12.3 Å². The molecular weight excluding hydrogens is 486 g/mol. The Morgan fingerprint density at radius 1 is 1.16 bits per heavy atom. The highest BCUT2D eigenvalue weighted by Crippen LogP contribution is 2.37. The maximum absolute atomic E-state index is 13.7. The van der Waals surface area contributed by atoms with Crippen molar-refractivity contribution in [2.24, 2.45) is 17.1 Å². The summed E-state index contributed by atoms with van der Waals surface area (Å²) >= 11 is 0. The summed E-state index contributed by atoms with van der Waals surface area (Å²) < 4.78 is 0. The Kier molecular flexibility index (Phi) is 12.3. The summed E-state index contributed by atoms with van der Waals surface area (Å²) in [5, 5.41) is 18.5. The third-order valence-electron chi connectivity index (χ3n) is 6.26. The molecule has 6 N–H and O–H groups in total. The fourth-order valence-corrected chi connectivity index (χ4v) is 4.54. The number of amides is 5. The highest BCUT2D eigenvalue weighted by molar-refractivity contribution is 5.92. The number of hydrogen-bond donors (Lipinski definition) is 5. The number of carbonyl (C=O) groups is 4. The maximum atomic E-state index is 13.7. The molecule has 1 aliphatic rings. The number of aliphatic hydroxyl groups is 1. The number of terminal acetylenes is 1. The molecule has 0 spiro atoms. The molecule has 1 rings (SSSR count). The molecule has 0 radical (unpaired) electrons. The molecule has 1 saturated heterocycles. The van der Waals surface area contributed by atoms with E-state index in [-0.39, 0.29) is 24.4 Å². The van der Waals surface area contributed by atoms with Crippen molar-refractivity contribution in [1.29, 1.82) is 0 Å². The first kappa shape index (κ1) is 33.0. The van der Waals surface area contributed by atoms with Crippen LogP contribution in [0, 0.1) is 23.7 Å². The van der Waals surface area contributed by atoms with Crippen LogP contribution in [0.4, 0.5) is 4.79 Å². The molecule has 10 nitrogen and oxygen atoms in total. The third kappa shape index (κ3) is 11.1. The average molecular weight is 534 g/mol. The number of likely N-dealkylation sites (tertiary alicyclic amines) is 1. The summed E-state index contributed by atoms with van der Waals surface area (Å²) in [6.07, 6.45) is 7.41. The van der Waals surface area contributed by atoms with E-state index in [4.69, 9.17) is 12.2 Å². The Hall–Kier alpha value is -3.06. The fraction of sp³-hybridized carbons (Fsp3) is 0.714. The molecule has 4 atom stereocenters. The van der Waals surface area contributed by atoms with Gasteiger partial charge in [0.25, 0.3) is 0 Å². The second kappa shape index (κ2) is 14.2. The molecule has 1 unspecified atom stereocenters. The minimum Gasteiger partial charge on any atom is -0.381 e. The molecule has 0 saturated carbocycles. The Morgan fingerprint density at radius 3 is 2.32 bits per heavy atom. The van der Waals surface area contributed by atoms with E-state index in [1.54, 1.807) is 0 Å². The van der Waals surface area contributed by atoms with Crippen molar-refractivity contribution < 1.29 is 24.3 Å². The van der Waals surface area contributed by atoms with Gasteiger partial charge in [0.15, 0.2) is 6.10 Å². The molecule has 214 valence electrons. The Bertz CT molecular complexity index is 912.